The molecular formula is C17H24N2S. The lowest BCUT2D eigenvalue weighted by Gasteiger charge is -2.07. The van der Waals surface area contributed by atoms with E-state index >= 15 is 0 Å². The molecule has 20 heavy (non-hydrogen) atoms. The summed E-state index contributed by atoms with van der Waals surface area (Å²) in [5.74, 6) is 0. The maximum absolute atomic E-state index is 4.36. The number of rotatable bonds is 9. The topological polar surface area (TPSA) is 24.9 Å². The average molecular weight is 288 g/mol. The number of thiazole rings is 1. The molecule has 2 aromatic rings. The largest absolute Gasteiger partial charge is 0.385 e. The van der Waals surface area contributed by atoms with Crippen molar-refractivity contribution in [3.05, 3.63) is 35.8 Å². The smallest absolute Gasteiger partial charge is 0.123 e. The minimum atomic E-state index is 1.06. The number of benzene rings is 1. The van der Waals surface area contributed by atoms with Crippen LogP contribution in [0.5, 0.6) is 0 Å². The van der Waals surface area contributed by atoms with E-state index in [0.29, 0.717) is 0 Å². The zero-order valence-electron chi connectivity index (χ0n) is 12.3. The molecule has 1 N–H and O–H groups in total. The summed E-state index contributed by atoms with van der Waals surface area (Å²) in [6, 6.07) is 8.54. The van der Waals surface area contributed by atoms with E-state index in [1.165, 1.54) is 49.8 Å². The Bertz CT molecular complexity index is 479. The van der Waals surface area contributed by atoms with Crippen LogP contribution in [-0.4, -0.2) is 11.5 Å². The molecule has 0 spiro atoms. The van der Waals surface area contributed by atoms with Gasteiger partial charge in [-0.1, -0.05) is 51.2 Å². The summed E-state index contributed by atoms with van der Waals surface area (Å²) in [6.45, 7) is 3.32. The van der Waals surface area contributed by atoms with Crippen LogP contribution in [-0.2, 0) is 0 Å². The van der Waals surface area contributed by atoms with Crippen molar-refractivity contribution >= 4 is 17.0 Å². The normalized spacial score (nSPS) is 10.7. The Hall–Kier alpha value is -1.35. The van der Waals surface area contributed by atoms with Gasteiger partial charge in [0.15, 0.2) is 0 Å². The van der Waals surface area contributed by atoms with Crippen molar-refractivity contribution in [1.82, 2.24) is 4.98 Å². The third-order valence-corrected chi connectivity index (χ3v) is 4.22. The van der Waals surface area contributed by atoms with Gasteiger partial charge in [-0.25, -0.2) is 4.98 Å². The predicted octanol–water partition coefficient (Wildman–Crippen LogP) is 5.58. The first kappa shape index (κ1) is 15.0. The van der Waals surface area contributed by atoms with Crippen molar-refractivity contribution in [2.24, 2.45) is 0 Å². The van der Waals surface area contributed by atoms with Crippen LogP contribution in [0.15, 0.2) is 35.8 Å². The standard InChI is InChI=1S/C17H24N2S/c1-2-3-4-5-6-7-11-18-16-10-8-9-15(14-16)17-19-12-13-20-17/h8-10,12-14,18H,2-7,11H2,1H3. The molecule has 3 heteroatoms. The number of hydrogen-bond donors (Lipinski definition) is 1. The van der Waals surface area contributed by atoms with Crippen molar-refractivity contribution in [2.45, 2.75) is 45.4 Å². The molecule has 1 aromatic heterocycles. The minimum absolute atomic E-state index is 1.06. The summed E-state index contributed by atoms with van der Waals surface area (Å²) in [5, 5.41) is 6.63. The lowest BCUT2D eigenvalue weighted by atomic mass is 10.1. The number of aromatic nitrogens is 1. The van der Waals surface area contributed by atoms with Crippen LogP contribution < -0.4 is 5.32 Å². The molecule has 0 saturated carbocycles. The van der Waals surface area contributed by atoms with E-state index in [1.807, 2.05) is 11.6 Å². The first-order valence-electron chi connectivity index (χ1n) is 7.64. The van der Waals surface area contributed by atoms with Gasteiger partial charge in [-0.15, -0.1) is 11.3 Å². The van der Waals surface area contributed by atoms with Gasteiger partial charge in [0, 0.05) is 29.4 Å². The fraction of sp³-hybridized carbons (Fsp3) is 0.471. The molecule has 0 atom stereocenters. The second kappa shape index (κ2) is 8.75. The fourth-order valence-electron chi connectivity index (χ4n) is 2.27. The molecule has 0 saturated heterocycles. The van der Waals surface area contributed by atoms with Gasteiger partial charge >= 0.3 is 0 Å². The summed E-state index contributed by atoms with van der Waals surface area (Å²) < 4.78 is 0. The Morgan fingerprint density at radius 3 is 2.75 bits per heavy atom. The van der Waals surface area contributed by atoms with E-state index in [1.54, 1.807) is 11.3 Å². The summed E-state index contributed by atoms with van der Waals surface area (Å²) in [4.78, 5) is 4.36. The molecule has 2 nitrogen and oxygen atoms in total. The van der Waals surface area contributed by atoms with Crippen LogP contribution in [0, 0.1) is 0 Å². The van der Waals surface area contributed by atoms with Crippen molar-refractivity contribution in [3.8, 4) is 10.6 Å². The number of anilines is 1. The van der Waals surface area contributed by atoms with Gasteiger partial charge in [-0.2, -0.15) is 0 Å². The molecule has 0 bridgehead atoms. The van der Waals surface area contributed by atoms with Gasteiger partial charge < -0.3 is 5.32 Å². The third kappa shape index (κ3) is 4.97. The van der Waals surface area contributed by atoms with Crippen LogP contribution in [0.3, 0.4) is 0 Å². The van der Waals surface area contributed by atoms with E-state index in [9.17, 15) is 0 Å². The van der Waals surface area contributed by atoms with Gasteiger partial charge in [0.1, 0.15) is 5.01 Å². The molecule has 2 rings (SSSR count). The zero-order valence-corrected chi connectivity index (χ0v) is 13.1. The summed E-state index contributed by atoms with van der Waals surface area (Å²) in [6.07, 6.45) is 9.90. The highest BCUT2D eigenvalue weighted by Gasteiger charge is 2.01. The monoisotopic (exact) mass is 288 g/mol. The Labute approximate surface area is 126 Å². The Balaban J connectivity index is 1.72. The van der Waals surface area contributed by atoms with E-state index in [2.05, 4.69) is 41.5 Å². The molecule has 0 aliphatic rings. The van der Waals surface area contributed by atoms with Crippen molar-refractivity contribution in [2.75, 3.05) is 11.9 Å². The highest BCUT2D eigenvalue weighted by atomic mass is 32.1. The van der Waals surface area contributed by atoms with Crippen LogP contribution >= 0.6 is 11.3 Å². The van der Waals surface area contributed by atoms with Crippen LogP contribution in [0.25, 0.3) is 10.6 Å². The van der Waals surface area contributed by atoms with E-state index < -0.39 is 0 Å². The zero-order chi connectivity index (χ0) is 14.0. The maximum Gasteiger partial charge on any atom is 0.123 e. The van der Waals surface area contributed by atoms with Crippen molar-refractivity contribution in [1.29, 1.82) is 0 Å². The molecule has 0 unspecified atom stereocenters. The number of unbranched alkanes of at least 4 members (excludes halogenated alkanes) is 5. The number of nitrogens with one attached hydrogen (secondary N) is 1. The SMILES string of the molecule is CCCCCCCCNc1cccc(-c2nccs2)c1. The molecule has 0 fully saturated rings. The summed E-state index contributed by atoms with van der Waals surface area (Å²) in [5.41, 5.74) is 2.40. The summed E-state index contributed by atoms with van der Waals surface area (Å²) >= 11 is 1.69. The number of hydrogen-bond acceptors (Lipinski definition) is 3. The quantitative estimate of drug-likeness (QED) is 0.609. The molecule has 0 aliphatic heterocycles. The molecule has 0 amide bonds. The van der Waals surface area contributed by atoms with Gasteiger partial charge in [-0.05, 0) is 18.6 Å². The number of nitrogens with zero attached hydrogens (tertiary/aromatic N) is 1. The van der Waals surface area contributed by atoms with Crippen molar-refractivity contribution < 1.29 is 0 Å². The lowest BCUT2D eigenvalue weighted by molar-refractivity contribution is 0.617. The first-order valence-corrected chi connectivity index (χ1v) is 8.52. The highest BCUT2D eigenvalue weighted by molar-refractivity contribution is 7.13. The minimum Gasteiger partial charge on any atom is -0.385 e. The van der Waals surface area contributed by atoms with Gasteiger partial charge in [-0.3, -0.25) is 0 Å². The van der Waals surface area contributed by atoms with Gasteiger partial charge in [0.25, 0.3) is 0 Å². The first-order chi connectivity index (χ1) is 9.90. The predicted molar refractivity (Wildman–Crippen MR) is 89.4 cm³/mol. The van der Waals surface area contributed by atoms with E-state index in [0.717, 1.165) is 11.6 Å². The molecule has 0 radical (unpaired) electrons. The third-order valence-electron chi connectivity index (χ3n) is 3.40. The van der Waals surface area contributed by atoms with Crippen LogP contribution in [0.4, 0.5) is 5.69 Å². The van der Waals surface area contributed by atoms with Crippen LogP contribution in [0.2, 0.25) is 0 Å². The van der Waals surface area contributed by atoms with E-state index in [4.69, 9.17) is 0 Å². The Morgan fingerprint density at radius 1 is 1.10 bits per heavy atom. The maximum atomic E-state index is 4.36. The second-order valence-corrected chi connectivity index (χ2v) is 6.01. The van der Waals surface area contributed by atoms with Gasteiger partial charge in [0.05, 0.1) is 0 Å². The summed E-state index contributed by atoms with van der Waals surface area (Å²) in [7, 11) is 0. The molecule has 1 heterocycles. The molecule has 0 aliphatic carbocycles. The fourth-order valence-corrected chi connectivity index (χ4v) is 2.90. The second-order valence-electron chi connectivity index (χ2n) is 5.11. The van der Waals surface area contributed by atoms with E-state index in [-0.39, 0.29) is 0 Å². The van der Waals surface area contributed by atoms with Gasteiger partial charge in [0.2, 0.25) is 0 Å². The van der Waals surface area contributed by atoms with Crippen LogP contribution in [0.1, 0.15) is 45.4 Å². The Kier molecular flexibility index (Phi) is 6.58. The molecule has 108 valence electrons. The highest BCUT2D eigenvalue weighted by Crippen LogP contribution is 2.24. The lowest BCUT2D eigenvalue weighted by Crippen LogP contribution is -2.01. The van der Waals surface area contributed by atoms with Crippen molar-refractivity contribution in [3.63, 3.8) is 0 Å². The Morgan fingerprint density at radius 2 is 1.95 bits per heavy atom. The average Bonchev–Trinajstić information content (AvgIpc) is 3.01. The molecule has 1 aromatic carbocycles. The molecular weight excluding hydrogens is 264 g/mol.